The Hall–Kier alpha value is -1.68. The predicted octanol–water partition coefficient (Wildman–Crippen LogP) is 3.73. The Morgan fingerprint density at radius 2 is 1.80 bits per heavy atom. The summed E-state index contributed by atoms with van der Waals surface area (Å²) >= 11 is 3.40. The number of aromatic nitrogens is 1. The van der Waals surface area contributed by atoms with Crippen LogP contribution in [-0.2, 0) is 6.54 Å². The van der Waals surface area contributed by atoms with Gasteiger partial charge in [0, 0.05) is 23.8 Å². The topological polar surface area (TPSA) is 33.2 Å². The Morgan fingerprint density at radius 3 is 2.40 bits per heavy atom. The van der Waals surface area contributed by atoms with Gasteiger partial charge in [-0.2, -0.15) is 0 Å². The van der Waals surface area contributed by atoms with Crippen molar-refractivity contribution in [1.29, 1.82) is 0 Å². The smallest absolute Gasteiger partial charge is 0.255 e. The second-order valence-electron chi connectivity index (χ2n) is 4.87. The van der Waals surface area contributed by atoms with Gasteiger partial charge < -0.3 is 4.90 Å². The first-order chi connectivity index (χ1) is 9.47. The molecule has 0 aliphatic carbocycles. The summed E-state index contributed by atoms with van der Waals surface area (Å²) in [6.45, 7) is 4.37. The molecule has 0 fully saturated rings. The molecule has 0 saturated carbocycles. The maximum atomic E-state index is 12.4. The summed E-state index contributed by atoms with van der Waals surface area (Å²) in [5.41, 5.74) is 3.46. The average Bonchev–Trinajstić information content (AvgIpc) is 2.40. The monoisotopic (exact) mass is 332 g/mol. The van der Waals surface area contributed by atoms with E-state index < -0.39 is 0 Å². The summed E-state index contributed by atoms with van der Waals surface area (Å²) in [6.07, 6.45) is 0. The van der Waals surface area contributed by atoms with E-state index in [1.165, 1.54) is 0 Å². The molecule has 1 heterocycles. The lowest BCUT2D eigenvalue weighted by molar-refractivity contribution is 0.0784. The van der Waals surface area contributed by atoms with Crippen molar-refractivity contribution in [2.45, 2.75) is 20.4 Å². The SMILES string of the molecule is Cc1ccc(C(=O)N(C)Cc2ccc(Br)cc2)c(C)n1. The highest BCUT2D eigenvalue weighted by atomic mass is 79.9. The third-order valence-corrected chi connectivity index (χ3v) is 3.66. The van der Waals surface area contributed by atoms with Crippen LogP contribution < -0.4 is 0 Å². The van der Waals surface area contributed by atoms with E-state index in [0.29, 0.717) is 12.1 Å². The molecule has 2 aromatic rings. The highest BCUT2D eigenvalue weighted by molar-refractivity contribution is 9.10. The molecule has 0 spiro atoms. The number of hydrogen-bond acceptors (Lipinski definition) is 2. The fraction of sp³-hybridized carbons (Fsp3) is 0.250. The first kappa shape index (κ1) is 14.7. The molecule has 0 atom stereocenters. The number of carbonyl (C=O) groups is 1. The highest BCUT2D eigenvalue weighted by Gasteiger charge is 2.15. The van der Waals surface area contributed by atoms with Crippen molar-refractivity contribution in [3.63, 3.8) is 0 Å². The normalized spacial score (nSPS) is 10.4. The predicted molar refractivity (Wildman–Crippen MR) is 83.7 cm³/mol. The first-order valence-corrected chi connectivity index (χ1v) is 7.21. The van der Waals surface area contributed by atoms with Crippen LogP contribution in [0.3, 0.4) is 0 Å². The van der Waals surface area contributed by atoms with Crippen molar-refractivity contribution in [3.05, 3.63) is 63.4 Å². The molecule has 0 unspecified atom stereocenters. The molecular formula is C16H17BrN2O. The van der Waals surface area contributed by atoms with Crippen LogP contribution >= 0.6 is 15.9 Å². The largest absolute Gasteiger partial charge is 0.337 e. The van der Waals surface area contributed by atoms with Gasteiger partial charge in [-0.15, -0.1) is 0 Å². The first-order valence-electron chi connectivity index (χ1n) is 6.41. The molecule has 1 amide bonds. The lowest BCUT2D eigenvalue weighted by Gasteiger charge is -2.18. The lowest BCUT2D eigenvalue weighted by atomic mass is 10.1. The maximum absolute atomic E-state index is 12.4. The van der Waals surface area contributed by atoms with E-state index >= 15 is 0 Å². The van der Waals surface area contributed by atoms with Crippen molar-refractivity contribution < 1.29 is 4.79 Å². The summed E-state index contributed by atoms with van der Waals surface area (Å²) < 4.78 is 1.04. The Kier molecular flexibility index (Phi) is 4.55. The van der Waals surface area contributed by atoms with E-state index in [-0.39, 0.29) is 5.91 Å². The maximum Gasteiger partial charge on any atom is 0.255 e. The van der Waals surface area contributed by atoms with Gasteiger partial charge in [-0.05, 0) is 43.7 Å². The number of benzene rings is 1. The number of pyridine rings is 1. The number of nitrogens with zero attached hydrogens (tertiary/aromatic N) is 2. The molecule has 2 rings (SSSR count). The van der Waals surface area contributed by atoms with E-state index in [2.05, 4.69) is 20.9 Å². The quantitative estimate of drug-likeness (QED) is 0.857. The number of carbonyl (C=O) groups excluding carboxylic acids is 1. The molecule has 0 aliphatic heterocycles. The number of hydrogen-bond donors (Lipinski definition) is 0. The molecular weight excluding hydrogens is 316 g/mol. The summed E-state index contributed by atoms with van der Waals surface area (Å²) in [6, 6.07) is 11.7. The second kappa shape index (κ2) is 6.18. The molecule has 3 nitrogen and oxygen atoms in total. The van der Waals surface area contributed by atoms with Gasteiger partial charge in [-0.1, -0.05) is 28.1 Å². The summed E-state index contributed by atoms with van der Waals surface area (Å²) in [4.78, 5) is 18.5. The fourth-order valence-corrected chi connectivity index (χ4v) is 2.32. The fourth-order valence-electron chi connectivity index (χ4n) is 2.05. The molecule has 20 heavy (non-hydrogen) atoms. The Balaban J connectivity index is 2.14. The molecule has 0 saturated heterocycles. The van der Waals surface area contributed by atoms with Gasteiger partial charge in [0.1, 0.15) is 0 Å². The molecule has 1 aromatic carbocycles. The van der Waals surface area contributed by atoms with Gasteiger partial charge in [0.25, 0.3) is 5.91 Å². The van der Waals surface area contributed by atoms with Gasteiger partial charge in [-0.3, -0.25) is 9.78 Å². The average molecular weight is 333 g/mol. The molecule has 0 aliphatic rings. The van der Waals surface area contributed by atoms with E-state index in [0.717, 1.165) is 21.4 Å². The lowest BCUT2D eigenvalue weighted by Crippen LogP contribution is -2.27. The Morgan fingerprint density at radius 1 is 1.15 bits per heavy atom. The number of amides is 1. The zero-order chi connectivity index (χ0) is 14.7. The third-order valence-electron chi connectivity index (χ3n) is 3.14. The minimum absolute atomic E-state index is 0.00193. The molecule has 4 heteroatoms. The van der Waals surface area contributed by atoms with Gasteiger partial charge in [-0.25, -0.2) is 0 Å². The van der Waals surface area contributed by atoms with Crippen molar-refractivity contribution in [2.75, 3.05) is 7.05 Å². The van der Waals surface area contributed by atoms with Crippen LogP contribution in [0.15, 0.2) is 40.9 Å². The third kappa shape index (κ3) is 3.45. The summed E-state index contributed by atoms with van der Waals surface area (Å²) in [7, 11) is 1.81. The van der Waals surface area contributed by atoms with E-state index in [1.54, 1.807) is 4.90 Å². The molecule has 1 aromatic heterocycles. The van der Waals surface area contributed by atoms with Gasteiger partial charge >= 0.3 is 0 Å². The van der Waals surface area contributed by atoms with E-state index in [4.69, 9.17) is 0 Å². The number of halogens is 1. The molecule has 0 N–H and O–H groups in total. The molecule has 104 valence electrons. The van der Waals surface area contributed by atoms with Crippen LogP contribution in [0.5, 0.6) is 0 Å². The second-order valence-corrected chi connectivity index (χ2v) is 5.79. The molecule has 0 radical (unpaired) electrons. The highest BCUT2D eigenvalue weighted by Crippen LogP contribution is 2.14. The van der Waals surface area contributed by atoms with Crippen LogP contribution in [0.1, 0.15) is 27.3 Å². The zero-order valence-electron chi connectivity index (χ0n) is 11.9. The molecule has 0 bridgehead atoms. The van der Waals surface area contributed by atoms with Crippen molar-refractivity contribution in [2.24, 2.45) is 0 Å². The van der Waals surface area contributed by atoms with E-state index in [9.17, 15) is 4.79 Å². The van der Waals surface area contributed by atoms with Crippen LogP contribution in [0, 0.1) is 13.8 Å². The zero-order valence-corrected chi connectivity index (χ0v) is 13.4. The van der Waals surface area contributed by atoms with Crippen molar-refractivity contribution in [3.8, 4) is 0 Å². The van der Waals surface area contributed by atoms with Crippen LogP contribution in [-0.4, -0.2) is 22.8 Å². The van der Waals surface area contributed by atoms with Crippen LogP contribution in [0.2, 0.25) is 0 Å². The minimum atomic E-state index is -0.00193. The summed E-state index contributed by atoms with van der Waals surface area (Å²) in [5, 5.41) is 0. The van der Waals surface area contributed by atoms with E-state index in [1.807, 2.05) is 57.3 Å². The number of rotatable bonds is 3. The van der Waals surface area contributed by atoms with Gasteiger partial charge in [0.15, 0.2) is 0 Å². The minimum Gasteiger partial charge on any atom is -0.337 e. The van der Waals surface area contributed by atoms with Crippen molar-refractivity contribution >= 4 is 21.8 Å². The van der Waals surface area contributed by atoms with Gasteiger partial charge in [0.2, 0.25) is 0 Å². The summed E-state index contributed by atoms with van der Waals surface area (Å²) in [5.74, 6) is -0.00193. The van der Waals surface area contributed by atoms with Crippen molar-refractivity contribution in [1.82, 2.24) is 9.88 Å². The standard InChI is InChI=1S/C16H17BrN2O/c1-11-4-9-15(12(2)18-11)16(20)19(3)10-13-5-7-14(17)8-6-13/h4-9H,10H2,1-3H3. The number of aryl methyl sites for hydroxylation is 2. The van der Waals surface area contributed by atoms with Crippen LogP contribution in [0.25, 0.3) is 0 Å². The Labute approximate surface area is 127 Å². The van der Waals surface area contributed by atoms with Crippen LogP contribution in [0.4, 0.5) is 0 Å². The van der Waals surface area contributed by atoms with Gasteiger partial charge in [0.05, 0.1) is 11.3 Å². The Bertz CT molecular complexity index is 623.